The van der Waals surface area contributed by atoms with Crippen molar-refractivity contribution in [3.8, 4) is 57.4 Å². The van der Waals surface area contributed by atoms with Gasteiger partial charge in [0, 0.05) is 23.5 Å². The molecule has 2 aromatic carbocycles. The summed E-state index contributed by atoms with van der Waals surface area (Å²) in [6.45, 7) is -1.33. The van der Waals surface area contributed by atoms with Crippen molar-refractivity contribution < 1.29 is 55.9 Å². The maximum Gasteiger partial charge on any atom is 0.387 e. The molecule has 0 amide bonds. The Morgan fingerprint density at radius 2 is 1.11 bits per heavy atom. The second-order valence-corrected chi connectivity index (χ2v) is 15.7. The average molecular weight is 855 g/mol. The lowest BCUT2D eigenvalue weighted by Gasteiger charge is -2.22. The van der Waals surface area contributed by atoms with Gasteiger partial charge in [0.05, 0.1) is 60.6 Å². The van der Waals surface area contributed by atoms with Crippen LogP contribution in [0.5, 0.6) is 23.0 Å². The zero-order valence-corrected chi connectivity index (χ0v) is 33.9. The molecule has 6 aromatic rings. The van der Waals surface area contributed by atoms with E-state index in [9.17, 15) is 42.8 Å². The molecule has 4 aromatic heterocycles. The van der Waals surface area contributed by atoms with Crippen LogP contribution in [0, 0.1) is 22.7 Å². The van der Waals surface area contributed by atoms with Crippen molar-refractivity contribution in [3.63, 3.8) is 0 Å². The number of methoxy groups -OCH3 is 2. The van der Waals surface area contributed by atoms with Crippen molar-refractivity contribution in [2.24, 2.45) is 0 Å². The van der Waals surface area contributed by atoms with Crippen molar-refractivity contribution in [1.29, 1.82) is 10.5 Å². The number of halogens is 4. The molecule has 0 radical (unpaired) electrons. The van der Waals surface area contributed by atoms with Gasteiger partial charge in [0.15, 0.2) is 0 Å². The van der Waals surface area contributed by atoms with E-state index < -0.39 is 52.9 Å². The summed E-state index contributed by atoms with van der Waals surface area (Å²) in [5.74, 6) is -3.21. The van der Waals surface area contributed by atoms with Crippen LogP contribution in [-0.4, -0.2) is 69.3 Å². The summed E-state index contributed by atoms with van der Waals surface area (Å²) in [7, 11) is 2.58. The summed E-state index contributed by atoms with van der Waals surface area (Å²) in [5.41, 5.74) is 2.70. The Balaban J connectivity index is 0.000000188. The van der Waals surface area contributed by atoms with Gasteiger partial charge < -0.3 is 28.8 Å². The molecule has 0 bridgehead atoms. The lowest BCUT2D eigenvalue weighted by atomic mass is 9.98. The molecule has 4 heterocycles. The number of aromatic carboxylic acids is 1. The van der Waals surface area contributed by atoms with Crippen LogP contribution in [0.1, 0.15) is 78.3 Å². The fraction of sp³-hybridized carbons (Fsp3) is 0.318. The zero-order valence-electron chi connectivity index (χ0n) is 33.9. The van der Waals surface area contributed by atoms with E-state index in [0.717, 1.165) is 36.8 Å². The van der Waals surface area contributed by atoms with Crippen LogP contribution in [0.4, 0.5) is 17.6 Å². The number of pyridine rings is 2. The Morgan fingerprint density at radius 3 is 1.47 bits per heavy atom. The number of carbonyl (C=O) groups is 2. The lowest BCUT2D eigenvalue weighted by Crippen LogP contribution is -2.25. The van der Waals surface area contributed by atoms with E-state index in [-0.39, 0.29) is 22.8 Å². The van der Waals surface area contributed by atoms with Gasteiger partial charge in [0.2, 0.25) is 0 Å². The van der Waals surface area contributed by atoms with Crippen LogP contribution in [0.15, 0.2) is 73.3 Å². The van der Waals surface area contributed by atoms with E-state index in [1.165, 1.54) is 38.6 Å². The first-order valence-electron chi connectivity index (χ1n) is 19.0. The molecule has 0 saturated heterocycles. The van der Waals surface area contributed by atoms with Gasteiger partial charge in [-0.25, -0.2) is 18.6 Å². The van der Waals surface area contributed by atoms with Gasteiger partial charge >= 0.3 is 25.2 Å². The van der Waals surface area contributed by atoms with E-state index in [1.54, 1.807) is 60.5 Å². The van der Waals surface area contributed by atoms with Crippen molar-refractivity contribution >= 4 is 23.0 Å². The number of esters is 1. The number of alkyl halides is 4. The molecular formula is C44H38F4N6O8. The monoisotopic (exact) mass is 854 g/mol. The molecule has 0 aliphatic heterocycles. The van der Waals surface area contributed by atoms with E-state index in [0.29, 0.717) is 33.3 Å². The highest BCUT2D eigenvalue weighted by Crippen LogP contribution is 2.49. The number of nitrogens with zero attached hydrogens (tertiary/aromatic N) is 6. The normalized spacial score (nSPS) is 14.7. The van der Waals surface area contributed by atoms with Crippen LogP contribution in [-0.2, 0) is 15.6 Å². The zero-order chi connectivity index (χ0) is 44.7. The minimum absolute atomic E-state index is 0.0368. The molecule has 14 nitrogen and oxygen atoms in total. The minimum Gasteiger partial charge on any atom is -0.496 e. The number of fused-ring (bicyclic) bond motifs is 2. The Hall–Kier alpha value is -7.34. The Morgan fingerprint density at radius 1 is 0.710 bits per heavy atom. The molecule has 2 aliphatic carbocycles. The smallest absolute Gasteiger partial charge is 0.387 e. The largest absolute Gasteiger partial charge is 0.496 e. The fourth-order valence-electron chi connectivity index (χ4n) is 7.09. The SMILES string of the molecule is COc1cc(-c2cnn3cc(C4(C#N)CC4)ccc23)cc(OC(F)F)c1C(=O)O.COc1cc(-c2cnn3cc(C4(C#N)CC4)ccc23)cc(OC(F)F)c1C(=O)OC(C)(C)C. The molecule has 1 N–H and O–H groups in total. The lowest BCUT2D eigenvalue weighted by molar-refractivity contribution is -0.0515. The van der Waals surface area contributed by atoms with Gasteiger partial charge in [-0.15, -0.1) is 0 Å². The third kappa shape index (κ3) is 8.36. The average Bonchev–Trinajstić information content (AvgIpc) is 4.12. The summed E-state index contributed by atoms with van der Waals surface area (Å²) < 4.78 is 80.2. The van der Waals surface area contributed by atoms with Crippen LogP contribution < -0.4 is 18.9 Å². The molecule has 2 fully saturated rings. The number of carboxylic acids is 1. The van der Waals surface area contributed by atoms with Crippen LogP contribution >= 0.6 is 0 Å². The second-order valence-electron chi connectivity index (χ2n) is 15.7. The van der Waals surface area contributed by atoms with Crippen LogP contribution in [0.2, 0.25) is 0 Å². The number of benzene rings is 2. The van der Waals surface area contributed by atoms with E-state index in [2.05, 4.69) is 31.8 Å². The van der Waals surface area contributed by atoms with E-state index in [1.807, 2.05) is 18.2 Å². The number of hydrogen-bond donors (Lipinski definition) is 1. The number of rotatable bonds is 12. The molecule has 0 atom stereocenters. The maximum atomic E-state index is 13.2. The van der Waals surface area contributed by atoms with Gasteiger partial charge in [-0.3, -0.25) is 0 Å². The maximum absolute atomic E-state index is 13.2. The number of nitriles is 2. The number of carboxylic acid groups (broad SMARTS) is 1. The molecule has 0 unspecified atom stereocenters. The highest BCUT2D eigenvalue weighted by Gasteiger charge is 2.46. The van der Waals surface area contributed by atoms with Gasteiger partial charge in [-0.1, -0.05) is 12.1 Å². The van der Waals surface area contributed by atoms with E-state index >= 15 is 0 Å². The summed E-state index contributed by atoms with van der Waals surface area (Å²) in [5, 5.41) is 36.9. The predicted molar refractivity (Wildman–Crippen MR) is 213 cm³/mol. The Bertz CT molecular complexity index is 2810. The molecule has 320 valence electrons. The summed E-state index contributed by atoms with van der Waals surface area (Å²) >= 11 is 0. The fourth-order valence-corrected chi connectivity index (χ4v) is 7.09. The van der Waals surface area contributed by atoms with Crippen molar-refractivity contribution in [2.75, 3.05) is 14.2 Å². The third-order valence-corrected chi connectivity index (χ3v) is 10.5. The molecule has 2 aliphatic rings. The topological polar surface area (TPSA) is 183 Å². The van der Waals surface area contributed by atoms with Gasteiger partial charge in [0.25, 0.3) is 0 Å². The summed E-state index contributed by atoms with van der Waals surface area (Å²) in [6.07, 6.45) is 9.90. The standard InChI is InChI=1S/C24H23F2N3O4.C20H15F2N3O4/c1-23(2,3)33-21(30)20-18(31-4)9-14(10-19(20)32-22(25)26)16-11-28-29-12-15(5-6-17(16)29)24(13-27)7-8-24;1-28-15-6-11(7-16(29-19(21)22)17(15)18(26)27)13-8-24-25-9-12(2-3-14(13)25)20(10-23)4-5-20/h5-6,9-12,22H,7-8H2,1-4H3;2-3,6-9,19H,4-5H2,1H3,(H,26,27). The highest BCUT2D eigenvalue weighted by molar-refractivity contribution is 5.98. The second kappa shape index (κ2) is 16.3. The highest BCUT2D eigenvalue weighted by atomic mass is 19.3. The van der Waals surface area contributed by atoms with Gasteiger partial charge in [-0.2, -0.15) is 38.3 Å². The number of aromatic nitrogens is 4. The molecule has 62 heavy (non-hydrogen) atoms. The van der Waals surface area contributed by atoms with E-state index in [4.69, 9.17) is 14.2 Å². The molecule has 0 spiro atoms. The van der Waals surface area contributed by atoms with Gasteiger partial charge in [-0.05, 0) is 105 Å². The van der Waals surface area contributed by atoms with Crippen molar-refractivity contribution in [2.45, 2.75) is 76.1 Å². The first kappa shape index (κ1) is 42.8. The van der Waals surface area contributed by atoms with Gasteiger partial charge in [0.1, 0.15) is 39.7 Å². The third-order valence-electron chi connectivity index (χ3n) is 10.5. The minimum atomic E-state index is -3.19. The quantitative estimate of drug-likeness (QED) is 0.0912. The number of ether oxygens (including phenoxy) is 5. The summed E-state index contributed by atoms with van der Waals surface area (Å²) in [4.78, 5) is 24.3. The first-order valence-corrected chi connectivity index (χ1v) is 19.0. The molecular weight excluding hydrogens is 817 g/mol. The number of hydrogen-bond acceptors (Lipinski definition) is 11. The number of carbonyl (C=O) groups excluding carboxylic acids is 1. The predicted octanol–water partition coefficient (Wildman–Crippen LogP) is 8.99. The first-order chi connectivity index (χ1) is 29.4. The molecule has 2 saturated carbocycles. The molecule has 18 heteroatoms. The van der Waals surface area contributed by atoms with Crippen molar-refractivity contribution in [1.82, 2.24) is 19.2 Å². The van der Waals surface area contributed by atoms with Crippen LogP contribution in [0.3, 0.4) is 0 Å². The molecule has 8 rings (SSSR count). The Kier molecular flexibility index (Phi) is 11.2. The van der Waals surface area contributed by atoms with Crippen LogP contribution in [0.25, 0.3) is 33.3 Å². The van der Waals surface area contributed by atoms with Crippen molar-refractivity contribution in [3.05, 3.63) is 95.6 Å². The summed E-state index contributed by atoms with van der Waals surface area (Å²) in [6, 6.07) is 17.6. The Labute approximate surface area is 351 Å².